The van der Waals surface area contributed by atoms with E-state index in [-0.39, 0.29) is 24.2 Å². The second kappa shape index (κ2) is 10.1. The standard InChI is InChI=1S/C23H27FN4O3/c1-3-4-20(27-23(31)25-14-16-5-7-18(24)8-6-16)22(30)26-19-9-10-21-17(13-19)11-12-28(21)15(2)29/h5-10,13,20H,3-4,11-12,14H2,1-2H3,(H,26,30)(H2,25,27,31). The number of nitrogens with zero attached hydrogens (tertiary/aromatic N) is 1. The molecule has 1 aliphatic heterocycles. The number of rotatable bonds is 7. The van der Waals surface area contributed by atoms with E-state index in [9.17, 15) is 18.8 Å². The van der Waals surface area contributed by atoms with Gasteiger partial charge in [0.05, 0.1) is 0 Å². The molecule has 2 aromatic rings. The molecule has 0 fully saturated rings. The first kappa shape index (κ1) is 22.3. The summed E-state index contributed by atoms with van der Waals surface area (Å²) in [5, 5.41) is 8.25. The SMILES string of the molecule is CCCC(NC(=O)NCc1ccc(F)cc1)C(=O)Nc1ccc2c(c1)CCN2C(C)=O. The van der Waals surface area contributed by atoms with Crippen LogP contribution in [0.3, 0.4) is 0 Å². The number of amides is 4. The molecule has 7 nitrogen and oxygen atoms in total. The van der Waals surface area contributed by atoms with Crippen LogP contribution < -0.4 is 20.9 Å². The highest BCUT2D eigenvalue weighted by Gasteiger charge is 2.24. The largest absolute Gasteiger partial charge is 0.334 e. The molecule has 0 aromatic heterocycles. The van der Waals surface area contributed by atoms with Gasteiger partial charge in [-0.3, -0.25) is 9.59 Å². The van der Waals surface area contributed by atoms with Gasteiger partial charge in [0.1, 0.15) is 11.9 Å². The Bertz CT molecular complexity index is 962. The van der Waals surface area contributed by atoms with Crippen molar-refractivity contribution in [3.05, 3.63) is 59.4 Å². The van der Waals surface area contributed by atoms with Crippen LogP contribution in [0.25, 0.3) is 0 Å². The van der Waals surface area contributed by atoms with E-state index in [1.54, 1.807) is 23.1 Å². The Hall–Kier alpha value is -3.42. The number of hydrogen-bond donors (Lipinski definition) is 3. The molecule has 8 heteroatoms. The molecular formula is C23H27FN4O3. The molecular weight excluding hydrogens is 399 g/mol. The van der Waals surface area contributed by atoms with Crippen molar-refractivity contribution in [1.82, 2.24) is 10.6 Å². The highest BCUT2D eigenvalue weighted by molar-refractivity contribution is 5.98. The van der Waals surface area contributed by atoms with Crippen LogP contribution in [0.4, 0.5) is 20.6 Å². The summed E-state index contributed by atoms with van der Waals surface area (Å²) in [5.74, 6) is -0.650. The maximum absolute atomic E-state index is 13.0. The zero-order valence-electron chi connectivity index (χ0n) is 17.7. The van der Waals surface area contributed by atoms with E-state index >= 15 is 0 Å². The van der Waals surface area contributed by atoms with E-state index in [1.807, 2.05) is 19.1 Å². The number of fused-ring (bicyclic) bond motifs is 1. The van der Waals surface area contributed by atoms with Gasteiger partial charge in [0.25, 0.3) is 0 Å². The summed E-state index contributed by atoms with van der Waals surface area (Å²) in [6.45, 7) is 4.33. The van der Waals surface area contributed by atoms with E-state index in [2.05, 4.69) is 16.0 Å². The Labute approximate surface area is 181 Å². The van der Waals surface area contributed by atoms with E-state index in [4.69, 9.17) is 0 Å². The van der Waals surface area contributed by atoms with Crippen LogP contribution >= 0.6 is 0 Å². The fraction of sp³-hybridized carbons (Fsp3) is 0.348. The Morgan fingerprint density at radius 2 is 1.87 bits per heavy atom. The minimum atomic E-state index is -0.694. The number of benzene rings is 2. The summed E-state index contributed by atoms with van der Waals surface area (Å²) in [7, 11) is 0. The number of carbonyl (C=O) groups excluding carboxylic acids is 3. The molecule has 0 aliphatic carbocycles. The molecule has 4 amide bonds. The van der Waals surface area contributed by atoms with Crippen LogP contribution in [0.1, 0.15) is 37.8 Å². The lowest BCUT2D eigenvalue weighted by molar-refractivity contribution is -0.118. The first-order valence-corrected chi connectivity index (χ1v) is 10.4. The van der Waals surface area contributed by atoms with Gasteiger partial charge in [-0.15, -0.1) is 0 Å². The first-order chi connectivity index (χ1) is 14.9. The molecule has 0 saturated heterocycles. The average Bonchev–Trinajstić information content (AvgIpc) is 3.16. The third-order valence-electron chi connectivity index (χ3n) is 5.19. The van der Waals surface area contributed by atoms with Crippen LogP contribution in [0.15, 0.2) is 42.5 Å². The lowest BCUT2D eigenvalue weighted by atomic mass is 10.1. The van der Waals surface area contributed by atoms with Crippen LogP contribution in [0, 0.1) is 5.82 Å². The fourth-order valence-electron chi connectivity index (χ4n) is 3.59. The minimum Gasteiger partial charge on any atom is -0.334 e. The summed E-state index contributed by atoms with van der Waals surface area (Å²) in [5.41, 5.74) is 3.26. The molecule has 0 saturated carbocycles. The van der Waals surface area contributed by atoms with Crippen molar-refractivity contribution in [3.63, 3.8) is 0 Å². The molecule has 2 aromatic carbocycles. The molecule has 31 heavy (non-hydrogen) atoms. The molecule has 0 bridgehead atoms. The number of nitrogens with one attached hydrogen (secondary N) is 3. The number of urea groups is 1. The first-order valence-electron chi connectivity index (χ1n) is 10.4. The van der Waals surface area contributed by atoms with E-state index in [0.29, 0.717) is 25.1 Å². The lowest BCUT2D eigenvalue weighted by Gasteiger charge is -2.19. The summed E-state index contributed by atoms with van der Waals surface area (Å²) in [4.78, 5) is 38.4. The number of carbonyl (C=O) groups is 3. The van der Waals surface area contributed by atoms with E-state index in [1.165, 1.54) is 19.1 Å². The third kappa shape index (κ3) is 5.81. The Kier molecular flexibility index (Phi) is 7.23. The van der Waals surface area contributed by atoms with Gasteiger partial charge in [-0.05, 0) is 54.3 Å². The van der Waals surface area contributed by atoms with Crippen molar-refractivity contribution in [2.75, 3.05) is 16.8 Å². The van der Waals surface area contributed by atoms with Gasteiger partial charge in [0.15, 0.2) is 0 Å². The van der Waals surface area contributed by atoms with Gasteiger partial charge < -0.3 is 20.9 Å². The van der Waals surface area contributed by atoms with Crippen molar-refractivity contribution in [1.29, 1.82) is 0 Å². The second-order valence-corrected chi connectivity index (χ2v) is 7.55. The maximum atomic E-state index is 13.0. The fourth-order valence-corrected chi connectivity index (χ4v) is 3.59. The van der Waals surface area contributed by atoms with Crippen molar-refractivity contribution in [2.45, 2.75) is 45.7 Å². The lowest BCUT2D eigenvalue weighted by Crippen LogP contribution is -2.47. The number of hydrogen-bond acceptors (Lipinski definition) is 3. The van der Waals surface area contributed by atoms with Gasteiger partial charge in [-0.1, -0.05) is 25.5 Å². The van der Waals surface area contributed by atoms with E-state index < -0.39 is 12.1 Å². The van der Waals surface area contributed by atoms with Crippen LogP contribution in [0.2, 0.25) is 0 Å². The highest BCUT2D eigenvalue weighted by Crippen LogP contribution is 2.30. The molecule has 0 spiro atoms. The Balaban J connectivity index is 1.58. The zero-order valence-corrected chi connectivity index (χ0v) is 17.7. The summed E-state index contributed by atoms with van der Waals surface area (Å²) < 4.78 is 13.0. The molecule has 3 rings (SSSR count). The monoisotopic (exact) mass is 426 g/mol. The van der Waals surface area contributed by atoms with Crippen molar-refractivity contribution < 1.29 is 18.8 Å². The third-order valence-corrected chi connectivity index (χ3v) is 5.19. The molecule has 1 unspecified atom stereocenters. The van der Waals surface area contributed by atoms with Crippen molar-refractivity contribution in [3.8, 4) is 0 Å². The van der Waals surface area contributed by atoms with Crippen LogP contribution in [-0.2, 0) is 22.6 Å². The van der Waals surface area contributed by atoms with Gasteiger partial charge in [0, 0.05) is 31.4 Å². The quantitative estimate of drug-likeness (QED) is 0.634. The summed E-state index contributed by atoms with van der Waals surface area (Å²) in [6, 6.07) is 10.1. The Morgan fingerprint density at radius 3 is 2.55 bits per heavy atom. The molecule has 164 valence electrons. The molecule has 1 heterocycles. The highest BCUT2D eigenvalue weighted by atomic mass is 19.1. The summed E-state index contributed by atoms with van der Waals surface area (Å²) >= 11 is 0. The van der Waals surface area contributed by atoms with E-state index in [0.717, 1.165) is 23.2 Å². The molecule has 1 atom stereocenters. The number of halogens is 1. The van der Waals surface area contributed by atoms with Gasteiger partial charge in [0.2, 0.25) is 11.8 Å². The van der Waals surface area contributed by atoms with Gasteiger partial charge in [-0.2, -0.15) is 0 Å². The Morgan fingerprint density at radius 1 is 1.13 bits per heavy atom. The smallest absolute Gasteiger partial charge is 0.315 e. The van der Waals surface area contributed by atoms with Crippen molar-refractivity contribution in [2.24, 2.45) is 0 Å². The second-order valence-electron chi connectivity index (χ2n) is 7.55. The average molecular weight is 426 g/mol. The molecule has 3 N–H and O–H groups in total. The summed E-state index contributed by atoms with van der Waals surface area (Å²) in [6.07, 6.45) is 1.94. The normalized spacial score (nSPS) is 13.3. The predicted molar refractivity (Wildman–Crippen MR) is 117 cm³/mol. The molecule has 0 radical (unpaired) electrons. The zero-order chi connectivity index (χ0) is 22.4. The van der Waals surface area contributed by atoms with Gasteiger partial charge >= 0.3 is 6.03 Å². The van der Waals surface area contributed by atoms with Crippen LogP contribution in [0.5, 0.6) is 0 Å². The maximum Gasteiger partial charge on any atom is 0.315 e. The minimum absolute atomic E-state index is 0.00519. The van der Waals surface area contributed by atoms with Crippen molar-refractivity contribution >= 4 is 29.2 Å². The van der Waals surface area contributed by atoms with Crippen LogP contribution in [-0.4, -0.2) is 30.4 Å². The topological polar surface area (TPSA) is 90.5 Å². The predicted octanol–water partition coefficient (Wildman–Crippen LogP) is 3.34. The van der Waals surface area contributed by atoms with Gasteiger partial charge in [-0.25, -0.2) is 9.18 Å². The number of anilines is 2. The molecule has 1 aliphatic rings.